The van der Waals surface area contributed by atoms with E-state index < -0.39 is 27.9 Å². The molecule has 0 unspecified atom stereocenters. The molecule has 0 rings (SSSR count). The van der Waals surface area contributed by atoms with Crippen molar-refractivity contribution in [3.05, 3.63) is 0 Å². The van der Waals surface area contributed by atoms with E-state index in [1.165, 1.54) is 0 Å². The summed E-state index contributed by atoms with van der Waals surface area (Å²) in [5.74, 6) is -0.287. The van der Waals surface area contributed by atoms with E-state index in [1.54, 1.807) is 32.4 Å². The quantitative estimate of drug-likeness (QED) is 0.230. The van der Waals surface area contributed by atoms with Gasteiger partial charge < -0.3 is 15.7 Å². The number of hydrogen-bond donors (Lipinski definition) is 4. The Balaban J connectivity index is 5.09. The summed E-state index contributed by atoms with van der Waals surface area (Å²) >= 11 is 0. The third-order valence-electron chi connectivity index (χ3n) is 2.70. The van der Waals surface area contributed by atoms with Crippen molar-refractivity contribution in [2.75, 3.05) is 0 Å². The number of nitrogens with one attached hydrogen (secondary N) is 2. The zero-order valence-electron chi connectivity index (χ0n) is 12.0. The molecule has 0 atom stereocenters. The largest absolute Gasteiger partial charge is 0.446 e. The number of carbonyl (C=O) groups is 1. The molecule has 0 spiro atoms. The Morgan fingerprint density at radius 3 is 2.25 bits per heavy atom. The van der Waals surface area contributed by atoms with E-state index in [2.05, 4.69) is 14.6 Å². The van der Waals surface area contributed by atoms with Crippen molar-refractivity contribution in [3.63, 3.8) is 0 Å². The minimum absolute atomic E-state index is 0.236. The van der Waals surface area contributed by atoms with Gasteiger partial charge in [-0.2, -0.15) is 13.1 Å². The first-order chi connectivity index (χ1) is 9.12. The van der Waals surface area contributed by atoms with Crippen LogP contribution in [0.1, 0.15) is 40.5 Å². The zero-order valence-corrected chi connectivity index (χ0v) is 12.8. The molecule has 0 aliphatic heterocycles. The number of amides is 1. The topological polar surface area (TPSA) is 143 Å². The molecule has 0 saturated heterocycles. The third-order valence-corrected chi connectivity index (χ3v) is 3.79. The van der Waals surface area contributed by atoms with Gasteiger partial charge in [-0.1, -0.05) is 19.0 Å². The number of oxime groups is 1. The molecule has 0 heterocycles. The highest BCUT2D eigenvalue weighted by atomic mass is 32.2. The molecule has 1 amide bonds. The van der Waals surface area contributed by atoms with E-state index in [0.29, 0.717) is 0 Å². The second-order valence-electron chi connectivity index (χ2n) is 4.44. The van der Waals surface area contributed by atoms with Crippen LogP contribution in [0.2, 0.25) is 0 Å². The monoisotopic (exact) mass is 310 g/mol. The lowest BCUT2D eigenvalue weighted by Crippen LogP contribution is -2.59. The highest BCUT2D eigenvalue weighted by Crippen LogP contribution is 2.16. The van der Waals surface area contributed by atoms with Crippen LogP contribution in [-0.2, 0) is 14.9 Å². The van der Waals surface area contributed by atoms with Gasteiger partial charge in [0.25, 0.3) is 0 Å². The van der Waals surface area contributed by atoms with Crippen molar-refractivity contribution in [2.45, 2.75) is 52.2 Å². The maximum Gasteiger partial charge on any atom is 0.422 e. The lowest BCUT2D eigenvalue weighted by molar-refractivity contribution is 0.121. The summed E-state index contributed by atoms with van der Waals surface area (Å²) in [5, 5.41) is 11.6. The lowest BCUT2D eigenvalue weighted by atomic mass is 9.93. The standard InChI is InChI=1S/C10H22N4O5S/c1-5-10(6-2,8(11)12-16)14-20(17,18)13-9(15)19-7(3)4/h7,14,16H,5-6H2,1-4H3,(H2,11,12)(H,13,15). The molecule has 9 nitrogen and oxygen atoms in total. The van der Waals surface area contributed by atoms with Crippen LogP contribution in [0.5, 0.6) is 0 Å². The first-order valence-electron chi connectivity index (χ1n) is 6.12. The van der Waals surface area contributed by atoms with Crippen molar-refractivity contribution >= 4 is 22.1 Å². The van der Waals surface area contributed by atoms with Crippen molar-refractivity contribution in [2.24, 2.45) is 10.9 Å². The van der Waals surface area contributed by atoms with Crippen molar-refractivity contribution in [1.82, 2.24) is 9.44 Å². The molecule has 0 aliphatic carbocycles. The maximum absolute atomic E-state index is 11.9. The highest BCUT2D eigenvalue weighted by Gasteiger charge is 2.36. The van der Waals surface area contributed by atoms with Crippen molar-refractivity contribution in [3.8, 4) is 0 Å². The van der Waals surface area contributed by atoms with E-state index in [9.17, 15) is 13.2 Å². The molecule has 0 aromatic carbocycles. The molecular weight excluding hydrogens is 288 g/mol. The zero-order chi connectivity index (χ0) is 16.0. The summed E-state index contributed by atoms with van der Waals surface area (Å²) in [7, 11) is -4.21. The number of carbonyl (C=O) groups excluding carboxylic acids is 1. The van der Waals surface area contributed by atoms with Gasteiger partial charge in [-0.15, -0.1) is 0 Å². The molecule has 5 N–H and O–H groups in total. The summed E-state index contributed by atoms with van der Waals surface area (Å²) in [4.78, 5) is 11.3. The van der Waals surface area contributed by atoms with Gasteiger partial charge in [0, 0.05) is 0 Å². The number of hydrogen-bond acceptors (Lipinski definition) is 6. The number of ether oxygens (including phenoxy) is 1. The fourth-order valence-corrected chi connectivity index (χ4v) is 2.76. The van der Waals surface area contributed by atoms with E-state index in [-0.39, 0.29) is 18.7 Å². The molecule has 0 fully saturated rings. The second-order valence-corrected chi connectivity index (χ2v) is 5.85. The Kier molecular flexibility index (Phi) is 6.73. The smallest absolute Gasteiger partial charge is 0.422 e. The molecule has 0 aromatic rings. The molecular formula is C10H22N4O5S. The molecule has 0 radical (unpaired) electrons. The molecule has 10 heteroatoms. The Hall–Kier alpha value is -1.55. The molecule has 20 heavy (non-hydrogen) atoms. The number of rotatable bonds is 7. The van der Waals surface area contributed by atoms with Gasteiger partial charge in [0.2, 0.25) is 0 Å². The average Bonchev–Trinajstić information content (AvgIpc) is 2.33. The van der Waals surface area contributed by atoms with E-state index >= 15 is 0 Å². The minimum Gasteiger partial charge on any atom is -0.446 e. The highest BCUT2D eigenvalue weighted by molar-refractivity contribution is 7.88. The third kappa shape index (κ3) is 5.21. The van der Waals surface area contributed by atoms with Crippen LogP contribution in [0, 0.1) is 0 Å². The number of amidine groups is 1. The predicted octanol–water partition coefficient (Wildman–Crippen LogP) is 0.261. The van der Waals surface area contributed by atoms with Crippen LogP contribution in [-0.4, -0.2) is 37.2 Å². The summed E-state index contributed by atoms with van der Waals surface area (Å²) in [6, 6.07) is 0. The lowest BCUT2D eigenvalue weighted by Gasteiger charge is -2.30. The van der Waals surface area contributed by atoms with Crippen LogP contribution in [0.4, 0.5) is 4.79 Å². The van der Waals surface area contributed by atoms with Gasteiger partial charge in [-0.3, -0.25) is 0 Å². The van der Waals surface area contributed by atoms with Gasteiger partial charge in [0.1, 0.15) is 0 Å². The van der Waals surface area contributed by atoms with Gasteiger partial charge in [-0.25, -0.2) is 9.52 Å². The van der Waals surface area contributed by atoms with Crippen LogP contribution in [0.15, 0.2) is 5.16 Å². The summed E-state index contributed by atoms with van der Waals surface area (Å²) < 4.78 is 32.3. The molecule has 118 valence electrons. The summed E-state index contributed by atoms with van der Waals surface area (Å²) in [6.07, 6.45) is -1.09. The first-order valence-corrected chi connectivity index (χ1v) is 7.61. The average molecular weight is 310 g/mol. The summed E-state index contributed by atoms with van der Waals surface area (Å²) in [6.45, 7) is 6.49. The molecule has 0 saturated carbocycles. The number of nitrogens with zero attached hydrogens (tertiary/aromatic N) is 1. The van der Waals surface area contributed by atoms with Crippen LogP contribution in [0.3, 0.4) is 0 Å². The summed E-state index contributed by atoms with van der Waals surface area (Å²) in [5.41, 5.74) is 4.24. The second kappa shape index (κ2) is 7.29. The van der Waals surface area contributed by atoms with Crippen LogP contribution in [0.25, 0.3) is 0 Å². The fourth-order valence-electron chi connectivity index (χ4n) is 1.54. The Morgan fingerprint density at radius 2 is 1.90 bits per heavy atom. The van der Waals surface area contributed by atoms with Crippen molar-refractivity contribution in [1.29, 1.82) is 0 Å². The predicted molar refractivity (Wildman–Crippen MR) is 73.5 cm³/mol. The normalized spacial score (nSPS) is 13.3. The van der Waals surface area contributed by atoms with Gasteiger partial charge in [0.15, 0.2) is 5.84 Å². The Labute approximate surface area is 118 Å². The maximum atomic E-state index is 11.9. The SMILES string of the molecule is CCC(CC)(NS(=O)(=O)NC(=O)OC(C)C)C(N)=NO. The van der Waals surface area contributed by atoms with Gasteiger partial charge >= 0.3 is 16.3 Å². The molecule has 0 aromatic heterocycles. The Morgan fingerprint density at radius 1 is 1.40 bits per heavy atom. The Bertz CT molecular complexity index is 456. The van der Waals surface area contributed by atoms with Crippen molar-refractivity contribution < 1.29 is 23.2 Å². The molecule has 0 bridgehead atoms. The fraction of sp³-hybridized carbons (Fsp3) is 0.800. The molecule has 0 aliphatic rings. The van der Waals surface area contributed by atoms with Crippen LogP contribution < -0.4 is 15.2 Å². The number of nitrogens with two attached hydrogens (primary N) is 1. The van der Waals surface area contributed by atoms with Gasteiger partial charge in [0.05, 0.1) is 11.6 Å². The first kappa shape index (κ1) is 18.4. The van der Waals surface area contributed by atoms with Gasteiger partial charge in [-0.05, 0) is 26.7 Å². The van der Waals surface area contributed by atoms with E-state index in [4.69, 9.17) is 10.9 Å². The minimum atomic E-state index is -4.21. The van der Waals surface area contributed by atoms with E-state index in [0.717, 1.165) is 0 Å². The van der Waals surface area contributed by atoms with E-state index in [1.807, 2.05) is 0 Å². The van der Waals surface area contributed by atoms with Crippen LogP contribution >= 0.6 is 0 Å².